The summed E-state index contributed by atoms with van der Waals surface area (Å²) in [6, 6.07) is 3.59. The SMILES string of the molecule is O=C(O)c1ccc(CN2CCC2)s1. The standard InChI is InChI=1S/C9H11NO2S/c11-9(12)8-3-2-7(13-8)6-10-4-1-5-10/h2-3H,1,4-6H2,(H,11,12). The van der Waals surface area contributed by atoms with E-state index >= 15 is 0 Å². The zero-order valence-electron chi connectivity index (χ0n) is 7.19. The van der Waals surface area contributed by atoms with Gasteiger partial charge in [0.15, 0.2) is 0 Å². The average molecular weight is 197 g/mol. The molecule has 0 aromatic carbocycles. The molecule has 3 nitrogen and oxygen atoms in total. The lowest BCUT2D eigenvalue weighted by molar-refractivity contribution is 0.0702. The van der Waals surface area contributed by atoms with Crippen molar-refractivity contribution in [1.82, 2.24) is 4.90 Å². The predicted molar refractivity (Wildman–Crippen MR) is 51.2 cm³/mol. The predicted octanol–water partition coefficient (Wildman–Crippen LogP) is 1.65. The Morgan fingerprint density at radius 1 is 1.54 bits per heavy atom. The van der Waals surface area contributed by atoms with Crippen molar-refractivity contribution in [2.45, 2.75) is 13.0 Å². The molecule has 2 heterocycles. The molecule has 1 N–H and O–H groups in total. The number of hydrogen-bond donors (Lipinski definition) is 1. The van der Waals surface area contributed by atoms with Crippen molar-refractivity contribution >= 4 is 17.3 Å². The quantitative estimate of drug-likeness (QED) is 0.801. The molecule has 0 bridgehead atoms. The summed E-state index contributed by atoms with van der Waals surface area (Å²) in [6.07, 6.45) is 1.27. The topological polar surface area (TPSA) is 40.5 Å². The lowest BCUT2D eigenvalue weighted by atomic mass is 10.2. The molecule has 0 saturated carbocycles. The Hall–Kier alpha value is -0.870. The number of carbonyl (C=O) groups is 1. The van der Waals surface area contributed by atoms with Crippen LogP contribution in [0.15, 0.2) is 12.1 Å². The molecule has 1 fully saturated rings. The fraction of sp³-hybridized carbons (Fsp3) is 0.444. The molecule has 1 aliphatic heterocycles. The van der Waals surface area contributed by atoms with E-state index in [2.05, 4.69) is 4.90 Å². The fourth-order valence-electron chi connectivity index (χ4n) is 1.34. The van der Waals surface area contributed by atoms with Crippen molar-refractivity contribution in [2.75, 3.05) is 13.1 Å². The number of nitrogens with zero attached hydrogens (tertiary/aromatic N) is 1. The second-order valence-electron chi connectivity index (χ2n) is 3.20. The van der Waals surface area contributed by atoms with E-state index in [1.165, 1.54) is 17.8 Å². The van der Waals surface area contributed by atoms with Gasteiger partial charge in [0.25, 0.3) is 0 Å². The Morgan fingerprint density at radius 2 is 2.31 bits per heavy atom. The maximum Gasteiger partial charge on any atom is 0.345 e. The van der Waals surface area contributed by atoms with Gasteiger partial charge in [-0.1, -0.05) is 0 Å². The molecular formula is C9H11NO2S. The zero-order valence-corrected chi connectivity index (χ0v) is 8.01. The number of aromatic carboxylic acids is 1. The number of thiophene rings is 1. The van der Waals surface area contributed by atoms with Crippen LogP contribution >= 0.6 is 11.3 Å². The third-order valence-electron chi connectivity index (χ3n) is 2.20. The summed E-state index contributed by atoms with van der Waals surface area (Å²) in [7, 11) is 0. The van der Waals surface area contributed by atoms with Gasteiger partial charge in [-0.2, -0.15) is 0 Å². The maximum atomic E-state index is 10.6. The van der Waals surface area contributed by atoms with Crippen LogP contribution in [-0.2, 0) is 6.54 Å². The highest BCUT2D eigenvalue weighted by atomic mass is 32.1. The second kappa shape index (κ2) is 3.47. The first-order valence-corrected chi connectivity index (χ1v) is 5.12. The van der Waals surface area contributed by atoms with E-state index in [0.29, 0.717) is 4.88 Å². The van der Waals surface area contributed by atoms with E-state index in [-0.39, 0.29) is 0 Å². The molecule has 0 radical (unpaired) electrons. The van der Waals surface area contributed by atoms with Crippen LogP contribution in [0.5, 0.6) is 0 Å². The van der Waals surface area contributed by atoms with Gasteiger partial charge in [0, 0.05) is 11.4 Å². The number of carboxylic acid groups (broad SMARTS) is 1. The second-order valence-corrected chi connectivity index (χ2v) is 4.37. The van der Waals surface area contributed by atoms with E-state index in [1.807, 2.05) is 6.07 Å². The summed E-state index contributed by atoms with van der Waals surface area (Å²) in [5, 5.41) is 8.70. The van der Waals surface area contributed by atoms with Crippen molar-refractivity contribution in [1.29, 1.82) is 0 Å². The molecule has 13 heavy (non-hydrogen) atoms. The van der Waals surface area contributed by atoms with Gasteiger partial charge in [-0.25, -0.2) is 4.79 Å². The highest BCUT2D eigenvalue weighted by Gasteiger charge is 2.15. The minimum Gasteiger partial charge on any atom is -0.477 e. The molecule has 1 aromatic heterocycles. The highest BCUT2D eigenvalue weighted by Crippen LogP contribution is 2.20. The van der Waals surface area contributed by atoms with E-state index in [0.717, 1.165) is 24.5 Å². The molecule has 1 saturated heterocycles. The van der Waals surface area contributed by atoms with Gasteiger partial charge in [0.1, 0.15) is 4.88 Å². The van der Waals surface area contributed by atoms with Crippen LogP contribution in [-0.4, -0.2) is 29.1 Å². The molecule has 2 rings (SSSR count). The van der Waals surface area contributed by atoms with Crippen LogP contribution in [0.2, 0.25) is 0 Å². The van der Waals surface area contributed by atoms with Gasteiger partial charge in [0.05, 0.1) is 0 Å². The van der Waals surface area contributed by atoms with Crippen LogP contribution in [0.25, 0.3) is 0 Å². The number of rotatable bonds is 3. The largest absolute Gasteiger partial charge is 0.477 e. The normalized spacial score (nSPS) is 16.9. The molecule has 4 heteroatoms. The zero-order chi connectivity index (χ0) is 9.26. The van der Waals surface area contributed by atoms with E-state index in [9.17, 15) is 4.79 Å². The van der Waals surface area contributed by atoms with Crippen molar-refractivity contribution < 1.29 is 9.90 Å². The Bertz CT molecular complexity index is 317. The van der Waals surface area contributed by atoms with Crippen molar-refractivity contribution in [3.05, 3.63) is 21.9 Å². The number of hydrogen-bond acceptors (Lipinski definition) is 3. The summed E-state index contributed by atoms with van der Waals surface area (Å²) in [5.74, 6) is -0.820. The molecule has 0 atom stereocenters. The van der Waals surface area contributed by atoms with E-state index in [1.54, 1.807) is 6.07 Å². The first-order valence-electron chi connectivity index (χ1n) is 4.30. The first-order chi connectivity index (χ1) is 6.25. The van der Waals surface area contributed by atoms with Crippen molar-refractivity contribution in [3.8, 4) is 0 Å². The summed E-state index contributed by atoms with van der Waals surface area (Å²) in [5.41, 5.74) is 0. The fourth-order valence-corrected chi connectivity index (χ4v) is 2.23. The first kappa shape index (κ1) is 8.72. The van der Waals surface area contributed by atoms with E-state index < -0.39 is 5.97 Å². The maximum absolute atomic E-state index is 10.6. The van der Waals surface area contributed by atoms with Crippen LogP contribution in [0.4, 0.5) is 0 Å². The van der Waals surface area contributed by atoms with Gasteiger partial charge in [-0.05, 0) is 31.6 Å². The number of likely N-dealkylation sites (tertiary alicyclic amines) is 1. The smallest absolute Gasteiger partial charge is 0.345 e. The Morgan fingerprint density at radius 3 is 2.77 bits per heavy atom. The van der Waals surface area contributed by atoms with Gasteiger partial charge < -0.3 is 5.11 Å². The lowest BCUT2D eigenvalue weighted by Gasteiger charge is -2.29. The van der Waals surface area contributed by atoms with Crippen LogP contribution in [0.1, 0.15) is 21.0 Å². The summed E-state index contributed by atoms with van der Waals surface area (Å²) < 4.78 is 0. The third-order valence-corrected chi connectivity index (χ3v) is 3.26. The highest BCUT2D eigenvalue weighted by molar-refractivity contribution is 7.13. The van der Waals surface area contributed by atoms with Gasteiger partial charge in [-0.3, -0.25) is 4.90 Å². The number of carboxylic acids is 1. The van der Waals surface area contributed by atoms with Gasteiger partial charge in [0.2, 0.25) is 0 Å². The average Bonchev–Trinajstić information content (AvgIpc) is 2.44. The Labute approximate surface area is 80.6 Å². The molecule has 1 aliphatic rings. The molecule has 0 amide bonds. The minimum absolute atomic E-state index is 0.440. The Balaban J connectivity index is 2.00. The van der Waals surface area contributed by atoms with Crippen LogP contribution in [0.3, 0.4) is 0 Å². The monoisotopic (exact) mass is 197 g/mol. The van der Waals surface area contributed by atoms with E-state index in [4.69, 9.17) is 5.11 Å². The Kier molecular flexibility index (Phi) is 2.33. The van der Waals surface area contributed by atoms with Crippen molar-refractivity contribution in [2.24, 2.45) is 0 Å². The van der Waals surface area contributed by atoms with Gasteiger partial charge >= 0.3 is 5.97 Å². The molecule has 70 valence electrons. The third kappa shape index (κ3) is 1.89. The summed E-state index contributed by atoms with van der Waals surface area (Å²) in [4.78, 5) is 14.5. The van der Waals surface area contributed by atoms with Crippen molar-refractivity contribution in [3.63, 3.8) is 0 Å². The molecule has 0 unspecified atom stereocenters. The summed E-state index contributed by atoms with van der Waals surface area (Å²) in [6.45, 7) is 3.22. The lowest BCUT2D eigenvalue weighted by Crippen LogP contribution is -2.35. The molecular weight excluding hydrogens is 186 g/mol. The van der Waals surface area contributed by atoms with Crippen LogP contribution < -0.4 is 0 Å². The summed E-state index contributed by atoms with van der Waals surface area (Å²) >= 11 is 1.38. The molecule has 0 spiro atoms. The molecule has 0 aliphatic carbocycles. The van der Waals surface area contributed by atoms with Crippen LogP contribution in [0, 0.1) is 0 Å². The minimum atomic E-state index is -0.820. The van der Waals surface area contributed by atoms with Gasteiger partial charge in [-0.15, -0.1) is 11.3 Å². The molecule has 1 aromatic rings.